The van der Waals surface area contributed by atoms with Crippen molar-refractivity contribution in [2.75, 3.05) is 17.2 Å². The first-order chi connectivity index (χ1) is 13.8. The molecule has 1 aliphatic heterocycles. The van der Waals surface area contributed by atoms with Gasteiger partial charge in [0, 0.05) is 10.7 Å². The van der Waals surface area contributed by atoms with Crippen molar-refractivity contribution in [1.29, 1.82) is 0 Å². The van der Waals surface area contributed by atoms with E-state index in [9.17, 15) is 13.2 Å². The SMILES string of the molecule is CCOC(=O)c1sc2c(c1N)S(=O)(=O)c1ccc(Cl)cc1N2c1ccccc1C. The van der Waals surface area contributed by atoms with Crippen molar-refractivity contribution in [3.8, 4) is 0 Å². The zero-order valence-electron chi connectivity index (χ0n) is 15.6. The summed E-state index contributed by atoms with van der Waals surface area (Å²) in [5.74, 6) is -0.647. The Morgan fingerprint density at radius 1 is 1.21 bits per heavy atom. The second-order valence-corrected chi connectivity index (χ2v) is 9.73. The minimum Gasteiger partial charge on any atom is -0.462 e. The summed E-state index contributed by atoms with van der Waals surface area (Å²) < 4.78 is 31.8. The molecule has 0 atom stereocenters. The van der Waals surface area contributed by atoms with Crippen LogP contribution in [0.15, 0.2) is 52.3 Å². The summed E-state index contributed by atoms with van der Waals surface area (Å²) in [6.07, 6.45) is 0. The Kier molecular flexibility index (Phi) is 4.80. The molecule has 0 saturated heterocycles. The molecule has 1 aromatic heterocycles. The summed E-state index contributed by atoms with van der Waals surface area (Å²) in [7, 11) is -3.95. The molecule has 0 radical (unpaired) electrons. The number of ether oxygens (including phenoxy) is 1. The van der Waals surface area contributed by atoms with Gasteiger partial charge in [0.05, 0.1) is 22.9 Å². The average molecular weight is 449 g/mol. The molecule has 0 unspecified atom stereocenters. The van der Waals surface area contributed by atoms with Gasteiger partial charge in [-0.1, -0.05) is 29.8 Å². The van der Waals surface area contributed by atoms with Gasteiger partial charge < -0.3 is 10.5 Å². The molecule has 0 fully saturated rings. The highest BCUT2D eigenvalue weighted by molar-refractivity contribution is 7.92. The van der Waals surface area contributed by atoms with Gasteiger partial charge >= 0.3 is 5.97 Å². The molecule has 0 spiro atoms. The molecule has 150 valence electrons. The van der Waals surface area contributed by atoms with Crippen molar-refractivity contribution in [3.05, 3.63) is 57.9 Å². The van der Waals surface area contributed by atoms with Crippen molar-refractivity contribution in [1.82, 2.24) is 0 Å². The molecule has 9 heteroatoms. The van der Waals surface area contributed by atoms with E-state index in [1.807, 2.05) is 31.2 Å². The third kappa shape index (κ3) is 2.99. The van der Waals surface area contributed by atoms with Crippen LogP contribution in [-0.4, -0.2) is 21.0 Å². The first kappa shape index (κ1) is 19.8. The van der Waals surface area contributed by atoms with Gasteiger partial charge in [0.15, 0.2) is 0 Å². The lowest BCUT2D eigenvalue weighted by Gasteiger charge is -2.32. The Hall–Kier alpha value is -2.55. The van der Waals surface area contributed by atoms with E-state index >= 15 is 0 Å². The third-order valence-electron chi connectivity index (χ3n) is 4.62. The number of benzene rings is 2. The maximum absolute atomic E-state index is 13.4. The fraction of sp³-hybridized carbons (Fsp3) is 0.150. The number of carbonyl (C=O) groups is 1. The lowest BCUT2D eigenvalue weighted by atomic mass is 10.1. The van der Waals surface area contributed by atoms with Crippen LogP contribution in [0.1, 0.15) is 22.2 Å². The number of carbonyl (C=O) groups excluding carboxylic acids is 1. The van der Waals surface area contributed by atoms with Crippen molar-refractivity contribution < 1.29 is 17.9 Å². The standard InChI is InChI=1S/C20H17ClN2O4S2/c1-3-27-20(24)17-16(22)18-19(28-17)23(13-7-5-4-6-11(13)2)14-10-12(21)8-9-15(14)29(18,25)26/h4-10H,3,22H2,1-2H3. The predicted octanol–water partition coefficient (Wildman–Crippen LogP) is 5.08. The Labute approximate surface area is 177 Å². The number of nitrogens with two attached hydrogens (primary N) is 1. The van der Waals surface area contributed by atoms with Gasteiger partial charge in [0.1, 0.15) is 14.8 Å². The Balaban J connectivity index is 2.09. The molecule has 0 amide bonds. The third-order valence-corrected chi connectivity index (χ3v) is 8.03. The van der Waals surface area contributed by atoms with E-state index < -0.39 is 15.8 Å². The van der Waals surface area contributed by atoms with E-state index in [1.54, 1.807) is 17.9 Å². The van der Waals surface area contributed by atoms with Crippen LogP contribution in [0.3, 0.4) is 0 Å². The molecule has 6 nitrogen and oxygen atoms in total. The van der Waals surface area contributed by atoms with Crippen LogP contribution in [0.25, 0.3) is 0 Å². The molecule has 29 heavy (non-hydrogen) atoms. The number of hydrogen-bond acceptors (Lipinski definition) is 7. The number of fused-ring (bicyclic) bond motifs is 2. The van der Waals surface area contributed by atoms with Crippen LogP contribution in [-0.2, 0) is 14.6 Å². The second kappa shape index (κ2) is 7.05. The number of para-hydroxylation sites is 1. The van der Waals surface area contributed by atoms with E-state index in [4.69, 9.17) is 22.1 Å². The van der Waals surface area contributed by atoms with Crippen LogP contribution in [0.4, 0.5) is 22.1 Å². The summed E-state index contributed by atoms with van der Waals surface area (Å²) >= 11 is 7.20. The maximum Gasteiger partial charge on any atom is 0.350 e. The Morgan fingerprint density at radius 3 is 2.62 bits per heavy atom. The number of halogens is 1. The molecular formula is C20H17ClN2O4S2. The first-order valence-corrected chi connectivity index (χ1v) is 11.4. The van der Waals surface area contributed by atoms with Gasteiger partial charge in [-0.05, 0) is 43.7 Å². The lowest BCUT2D eigenvalue weighted by molar-refractivity contribution is 0.0533. The molecule has 4 rings (SSSR count). The van der Waals surface area contributed by atoms with E-state index in [0.717, 1.165) is 22.6 Å². The maximum atomic E-state index is 13.4. The summed E-state index contributed by atoms with van der Waals surface area (Å²) in [5.41, 5.74) is 8.18. The largest absolute Gasteiger partial charge is 0.462 e. The number of esters is 1. The second-order valence-electron chi connectivity index (χ2n) is 6.44. The van der Waals surface area contributed by atoms with Crippen molar-refractivity contribution >= 4 is 60.8 Å². The molecule has 2 N–H and O–H groups in total. The minimum absolute atomic E-state index is 0.0675. The number of aryl methyl sites for hydroxylation is 1. The van der Waals surface area contributed by atoms with Gasteiger partial charge in [-0.2, -0.15) is 0 Å². The number of nitrogen functional groups attached to an aromatic ring is 1. The quantitative estimate of drug-likeness (QED) is 0.439. The Morgan fingerprint density at radius 2 is 1.93 bits per heavy atom. The van der Waals surface area contributed by atoms with Gasteiger partial charge in [0.25, 0.3) is 0 Å². The molecule has 1 aliphatic rings. The monoisotopic (exact) mass is 448 g/mol. The van der Waals surface area contributed by atoms with E-state index in [0.29, 0.717) is 15.7 Å². The van der Waals surface area contributed by atoms with Crippen LogP contribution < -0.4 is 10.6 Å². The minimum atomic E-state index is -3.95. The van der Waals surface area contributed by atoms with Crippen LogP contribution >= 0.6 is 22.9 Å². The highest BCUT2D eigenvalue weighted by Crippen LogP contribution is 2.55. The van der Waals surface area contributed by atoms with Crippen molar-refractivity contribution in [2.45, 2.75) is 23.6 Å². The molecule has 2 aromatic carbocycles. The van der Waals surface area contributed by atoms with E-state index in [1.165, 1.54) is 12.1 Å². The number of sulfone groups is 1. The predicted molar refractivity (Wildman–Crippen MR) is 115 cm³/mol. The highest BCUT2D eigenvalue weighted by atomic mass is 35.5. The van der Waals surface area contributed by atoms with Gasteiger partial charge in [-0.3, -0.25) is 4.90 Å². The summed E-state index contributed by atoms with van der Waals surface area (Å²) in [6, 6.07) is 12.1. The normalized spacial score (nSPS) is 14.2. The van der Waals surface area contributed by atoms with E-state index in [-0.39, 0.29) is 27.0 Å². The molecule has 3 aromatic rings. The zero-order valence-corrected chi connectivity index (χ0v) is 18.0. The van der Waals surface area contributed by atoms with Crippen molar-refractivity contribution in [2.24, 2.45) is 0 Å². The number of anilines is 4. The number of rotatable bonds is 3. The van der Waals surface area contributed by atoms with Gasteiger partial charge in [-0.25, -0.2) is 13.2 Å². The fourth-order valence-corrected chi connectivity index (χ4v) is 6.67. The van der Waals surface area contributed by atoms with Crippen molar-refractivity contribution in [3.63, 3.8) is 0 Å². The zero-order chi connectivity index (χ0) is 20.9. The molecule has 0 bridgehead atoms. The summed E-state index contributed by atoms with van der Waals surface area (Å²) in [5, 5.41) is 0.741. The molecular weight excluding hydrogens is 432 g/mol. The summed E-state index contributed by atoms with van der Waals surface area (Å²) in [6.45, 7) is 3.76. The number of thiophene rings is 1. The van der Waals surface area contributed by atoms with E-state index in [2.05, 4.69) is 0 Å². The van der Waals surface area contributed by atoms with Gasteiger partial charge in [-0.15, -0.1) is 11.3 Å². The average Bonchev–Trinajstić information content (AvgIpc) is 3.01. The first-order valence-electron chi connectivity index (χ1n) is 8.77. The van der Waals surface area contributed by atoms with Gasteiger partial charge in [0.2, 0.25) is 9.84 Å². The highest BCUT2D eigenvalue weighted by Gasteiger charge is 2.41. The van der Waals surface area contributed by atoms with Crippen LogP contribution in [0.5, 0.6) is 0 Å². The Bertz CT molecular complexity index is 1250. The van der Waals surface area contributed by atoms with Crippen LogP contribution in [0.2, 0.25) is 5.02 Å². The molecule has 0 saturated carbocycles. The molecule has 0 aliphatic carbocycles. The number of hydrogen-bond donors (Lipinski definition) is 1. The lowest BCUT2D eigenvalue weighted by Crippen LogP contribution is -2.21. The smallest absolute Gasteiger partial charge is 0.350 e. The fourth-order valence-electron chi connectivity index (χ4n) is 3.34. The topological polar surface area (TPSA) is 89.7 Å². The number of nitrogens with zero attached hydrogens (tertiary/aromatic N) is 1. The summed E-state index contributed by atoms with van der Waals surface area (Å²) in [4.78, 5) is 14.3. The van der Waals surface area contributed by atoms with Crippen LogP contribution in [0, 0.1) is 6.92 Å². The molecule has 2 heterocycles.